The van der Waals surface area contributed by atoms with Crippen molar-refractivity contribution in [3.63, 3.8) is 0 Å². The Balaban J connectivity index is 1.30. The van der Waals surface area contributed by atoms with Crippen molar-refractivity contribution < 1.29 is 38.1 Å². The first-order chi connectivity index (χ1) is 32.4. The van der Waals surface area contributed by atoms with Crippen molar-refractivity contribution in [1.29, 1.82) is 0 Å². The van der Waals surface area contributed by atoms with Crippen LogP contribution in [-0.4, -0.2) is 121 Å². The Morgan fingerprint density at radius 3 is 2.43 bits per heavy atom. The average Bonchev–Trinajstić information content (AvgIpc) is 3.62. The fourth-order valence-corrected chi connectivity index (χ4v) is 10.1. The van der Waals surface area contributed by atoms with E-state index in [1.54, 1.807) is 27.9 Å². The Morgan fingerprint density at radius 2 is 1.71 bits per heavy atom. The van der Waals surface area contributed by atoms with Gasteiger partial charge in [-0.15, -0.1) is 0 Å². The van der Waals surface area contributed by atoms with Crippen molar-refractivity contribution in [2.75, 3.05) is 58.5 Å². The molecule has 0 radical (unpaired) electrons. The number of nitrogens with zero attached hydrogens (tertiary/aromatic N) is 5. The summed E-state index contributed by atoms with van der Waals surface area (Å²) in [7, 11) is 3.05. The Hall–Kier alpha value is -5.51. The first kappa shape index (κ1) is 50.4. The average molecular weight is 936 g/mol. The van der Waals surface area contributed by atoms with Crippen LogP contribution in [0.25, 0.3) is 33.3 Å². The van der Waals surface area contributed by atoms with E-state index in [0.29, 0.717) is 38.4 Å². The molecule has 0 spiro atoms. The van der Waals surface area contributed by atoms with Crippen LogP contribution in [0, 0.1) is 5.41 Å². The molecule has 15 heteroatoms. The van der Waals surface area contributed by atoms with Crippen LogP contribution in [-0.2, 0) is 52.7 Å². The highest BCUT2D eigenvalue weighted by Crippen LogP contribution is 2.43. The summed E-state index contributed by atoms with van der Waals surface area (Å²) in [6.45, 7) is 20.7. The number of anilines is 1. The highest BCUT2D eigenvalue weighted by Gasteiger charge is 2.35. The summed E-state index contributed by atoms with van der Waals surface area (Å²) in [6.07, 6.45) is 6.66. The molecule has 68 heavy (non-hydrogen) atoms. The van der Waals surface area contributed by atoms with E-state index in [9.17, 15) is 19.2 Å². The maximum absolute atomic E-state index is 14.2. The van der Waals surface area contributed by atoms with Crippen LogP contribution in [0.2, 0.25) is 0 Å². The van der Waals surface area contributed by atoms with Crippen molar-refractivity contribution in [2.45, 2.75) is 137 Å². The monoisotopic (exact) mass is 936 g/mol. The number of pyridine rings is 1. The lowest BCUT2D eigenvalue weighted by molar-refractivity contribution is -0.150. The summed E-state index contributed by atoms with van der Waals surface area (Å²) < 4.78 is 24.6. The van der Waals surface area contributed by atoms with Gasteiger partial charge in [0, 0.05) is 81.1 Å². The summed E-state index contributed by atoms with van der Waals surface area (Å²) in [6, 6.07) is 15.8. The third-order valence-electron chi connectivity index (χ3n) is 13.5. The number of hydrazine groups is 1. The Kier molecular flexibility index (Phi) is 15.9. The number of benzene rings is 2. The number of ether oxygens (including phenoxy) is 4. The maximum atomic E-state index is 14.2. The van der Waals surface area contributed by atoms with Gasteiger partial charge in [-0.25, -0.2) is 10.2 Å². The van der Waals surface area contributed by atoms with Gasteiger partial charge in [0.15, 0.2) is 0 Å². The summed E-state index contributed by atoms with van der Waals surface area (Å²) >= 11 is 0. The lowest BCUT2D eigenvalue weighted by Crippen LogP contribution is -2.60. The lowest BCUT2D eigenvalue weighted by Gasteiger charge is -2.45. The number of fused-ring (bicyclic) bond motifs is 2. The number of piperidine rings is 1. The molecule has 2 aromatic heterocycles. The van der Waals surface area contributed by atoms with Crippen molar-refractivity contribution in [3.05, 3.63) is 71.5 Å². The van der Waals surface area contributed by atoms with Gasteiger partial charge in [-0.2, -0.15) is 0 Å². The molecule has 5 heterocycles. The van der Waals surface area contributed by atoms with E-state index in [-0.39, 0.29) is 31.0 Å². The molecule has 4 aromatic rings. The fraction of sp³-hybridized carbons (Fsp3) is 0.566. The fourth-order valence-electron chi connectivity index (χ4n) is 10.1. The number of carbonyl (C=O) groups excluding carboxylic acids is 4. The number of aryl methyl sites for hydroxylation is 1. The summed E-state index contributed by atoms with van der Waals surface area (Å²) in [5.41, 5.74) is 10.8. The molecule has 2 amide bonds. The molecule has 15 nitrogen and oxygen atoms in total. The van der Waals surface area contributed by atoms with E-state index >= 15 is 0 Å². The number of hydrogen-bond donors (Lipinski definition) is 2. The number of methoxy groups -OCH3 is 2. The SMILES string of the molecule is CCn1c(-c2cc(N3CCN4CCCC[C@@H]4C3)cnc2[C@H](C)OC)c(CC(C)(C)COC(C)=O)c2cc(-c3cccc(C[C@H](NC(=O)OC(C)(C)C)C(=O)N4CCC[C@@H](C(=O)OC)N4)c3)ccc21. The minimum Gasteiger partial charge on any atom is -0.468 e. The predicted octanol–water partition coefficient (Wildman–Crippen LogP) is 8.01. The number of hydrogen-bond acceptors (Lipinski definition) is 12. The Labute approximate surface area is 402 Å². The number of nitrogens with one attached hydrogen (secondary N) is 2. The molecule has 7 rings (SSSR count). The van der Waals surface area contributed by atoms with Gasteiger partial charge in [-0.1, -0.05) is 50.6 Å². The first-order valence-corrected chi connectivity index (χ1v) is 24.4. The van der Waals surface area contributed by atoms with Crippen LogP contribution in [0.5, 0.6) is 0 Å². The van der Waals surface area contributed by atoms with Crippen LogP contribution in [0.1, 0.15) is 110 Å². The molecule has 3 aliphatic rings. The van der Waals surface area contributed by atoms with Crippen LogP contribution in [0.15, 0.2) is 54.7 Å². The standard InChI is InChI=1S/C53H73N7O8/c1-11-59-46-21-20-38(37-17-14-16-36(26-37)27-45(55-51(64)68-52(4,5)6)49(62)60-23-15-19-44(56-60)50(63)66-10)28-41(46)43(30-53(7,8)33-67-35(3)61)48(59)42-29-40(31-54-47(42)34(2)65-9)58-25-24-57-22-13-12-18-39(57)32-58/h14,16-17,20-21,26,28-29,31,34,39,44-45,56H,11-13,15,18-19,22-25,27,30,32-33H2,1-10H3,(H,55,64)/t34-,39+,44-,45-/m0/s1. The molecule has 2 aromatic carbocycles. The zero-order chi connectivity index (χ0) is 48.9. The van der Waals surface area contributed by atoms with Crippen LogP contribution in [0.4, 0.5) is 10.5 Å². The second-order valence-electron chi connectivity index (χ2n) is 20.5. The normalized spacial score (nSPS) is 19.0. The molecule has 0 unspecified atom stereocenters. The predicted molar refractivity (Wildman–Crippen MR) is 264 cm³/mol. The minimum absolute atomic E-state index is 0.167. The van der Waals surface area contributed by atoms with E-state index in [4.69, 9.17) is 23.9 Å². The van der Waals surface area contributed by atoms with Gasteiger partial charge in [0.25, 0.3) is 5.91 Å². The molecular formula is C53H73N7O8. The van der Waals surface area contributed by atoms with E-state index in [0.717, 1.165) is 75.4 Å². The van der Waals surface area contributed by atoms with Gasteiger partial charge in [-0.3, -0.25) is 29.3 Å². The van der Waals surface area contributed by atoms with E-state index in [1.807, 2.05) is 25.3 Å². The highest BCUT2D eigenvalue weighted by molar-refractivity contribution is 5.96. The smallest absolute Gasteiger partial charge is 0.408 e. The second kappa shape index (κ2) is 21.4. The number of carbonyl (C=O) groups is 4. The van der Waals surface area contributed by atoms with Crippen LogP contribution in [0.3, 0.4) is 0 Å². The first-order valence-electron chi connectivity index (χ1n) is 24.4. The Bertz CT molecular complexity index is 2460. The summed E-state index contributed by atoms with van der Waals surface area (Å²) in [5, 5.41) is 5.32. The van der Waals surface area contributed by atoms with Gasteiger partial charge in [0.05, 0.1) is 43.1 Å². The molecule has 3 fully saturated rings. The van der Waals surface area contributed by atoms with E-state index < -0.39 is 35.2 Å². The quantitative estimate of drug-likeness (QED) is 0.0876. The van der Waals surface area contributed by atoms with E-state index in [1.165, 1.54) is 44.8 Å². The molecule has 2 N–H and O–H groups in total. The third kappa shape index (κ3) is 11.8. The zero-order valence-corrected chi connectivity index (χ0v) is 41.9. The van der Waals surface area contributed by atoms with Crippen molar-refractivity contribution in [1.82, 2.24) is 30.2 Å². The van der Waals surface area contributed by atoms with Crippen molar-refractivity contribution in [3.8, 4) is 22.4 Å². The molecule has 0 saturated carbocycles. The zero-order valence-electron chi connectivity index (χ0n) is 41.9. The van der Waals surface area contributed by atoms with Gasteiger partial charge < -0.3 is 33.7 Å². The van der Waals surface area contributed by atoms with Crippen molar-refractivity contribution >= 4 is 40.5 Å². The highest BCUT2D eigenvalue weighted by atomic mass is 16.6. The third-order valence-corrected chi connectivity index (χ3v) is 13.5. The second-order valence-corrected chi connectivity index (χ2v) is 20.5. The molecule has 3 saturated heterocycles. The van der Waals surface area contributed by atoms with Gasteiger partial charge in [0.1, 0.15) is 17.7 Å². The molecular weight excluding hydrogens is 863 g/mol. The maximum Gasteiger partial charge on any atom is 0.408 e. The molecule has 4 atom stereocenters. The number of rotatable bonds is 15. The van der Waals surface area contributed by atoms with Gasteiger partial charge >= 0.3 is 18.0 Å². The van der Waals surface area contributed by atoms with Crippen molar-refractivity contribution in [2.24, 2.45) is 5.41 Å². The number of alkyl carbamates (subject to hydrolysis) is 1. The topological polar surface area (TPSA) is 157 Å². The molecule has 0 bridgehead atoms. The summed E-state index contributed by atoms with van der Waals surface area (Å²) in [5.74, 6) is -1.15. The summed E-state index contributed by atoms with van der Waals surface area (Å²) in [4.78, 5) is 62.4. The molecule has 3 aliphatic heterocycles. The number of aromatic nitrogens is 2. The lowest BCUT2D eigenvalue weighted by atomic mass is 9.84. The van der Waals surface area contributed by atoms with Crippen LogP contribution < -0.4 is 15.6 Å². The molecule has 0 aliphatic carbocycles. The van der Waals surface area contributed by atoms with Gasteiger partial charge in [-0.05, 0) is 114 Å². The molecule has 368 valence electrons. The largest absolute Gasteiger partial charge is 0.468 e. The van der Waals surface area contributed by atoms with Crippen LogP contribution >= 0.6 is 0 Å². The Morgan fingerprint density at radius 1 is 0.926 bits per heavy atom. The van der Waals surface area contributed by atoms with E-state index in [2.05, 4.69) is 82.3 Å². The van der Waals surface area contributed by atoms with Gasteiger partial charge in [0.2, 0.25) is 0 Å². The number of esters is 2. The number of piperazine rings is 1. The minimum atomic E-state index is -1.00. The number of amides is 2.